The first-order valence-corrected chi connectivity index (χ1v) is 6.59. The quantitative estimate of drug-likeness (QED) is 0.568. The minimum Gasteiger partial charge on any atom is -0.240 e. The summed E-state index contributed by atoms with van der Waals surface area (Å²) in [5, 5.41) is 0. The molecule has 0 fully saturated rings. The van der Waals surface area contributed by atoms with Gasteiger partial charge in [0, 0.05) is 12.8 Å². The molecule has 80 valence electrons. The third-order valence-corrected chi connectivity index (χ3v) is 3.06. The summed E-state index contributed by atoms with van der Waals surface area (Å²) in [6.45, 7) is 0. The predicted molar refractivity (Wildman–Crippen MR) is 51.8 cm³/mol. The lowest BCUT2D eigenvalue weighted by atomic mass is 10.3. The summed E-state index contributed by atoms with van der Waals surface area (Å²) in [6, 6.07) is 0. The molecule has 0 saturated heterocycles. The second-order valence-electron chi connectivity index (χ2n) is 2.35. The average molecular weight is 346 g/mol. The number of alkyl halides is 4. The fraction of sp³-hybridized carbons (Fsp3) is 1.00. The van der Waals surface area contributed by atoms with Crippen LogP contribution in [0.25, 0.3) is 0 Å². The van der Waals surface area contributed by atoms with E-state index in [9.17, 15) is 17.2 Å². The molecule has 3 nitrogen and oxygen atoms in total. The standard InChI is InChI=1S/C5H8Br2F2O3S/c1-13(10,11)12-5(6,7)3-2-4(8)9/h4H,2-3H2,1H3. The molecule has 0 atom stereocenters. The molecule has 0 rings (SSSR count). The van der Waals surface area contributed by atoms with Gasteiger partial charge >= 0.3 is 0 Å². The molecule has 0 unspecified atom stereocenters. The summed E-state index contributed by atoms with van der Waals surface area (Å²) >= 11 is 5.66. The first kappa shape index (κ1) is 13.7. The largest absolute Gasteiger partial charge is 0.266 e. The minimum absolute atomic E-state index is 0.155. The van der Waals surface area contributed by atoms with Gasteiger partial charge in [-0.2, -0.15) is 8.42 Å². The van der Waals surface area contributed by atoms with Gasteiger partial charge in [-0.3, -0.25) is 0 Å². The zero-order valence-electron chi connectivity index (χ0n) is 6.64. The van der Waals surface area contributed by atoms with E-state index in [1.54, 1.807) is 0 Å². The molecule has 0 aliphatic rings. The monoisotopic (exact) mass is 344 g/mol. The van der Waals surface area contributed by atoms with Crippen LogP contribution in [-0.4, -0.2) is 24.5 Å². The highest BCUT2D eigenvalue weighted by molar-refractivity contribution is 9.25. The van der Waals surface area contributed by atoms with Crippen LogP contribution in [0.5, 0.6) is 0 Å². The molecule has 0 heterocycles. The van der Waals surface area contributed by atoms with Crippen molar-refractivity contribution < 1.29 is 21.4 Å². The Balaban J connectivity index is 4.09. The lowest BCUT2D eigenvalue weighted by molar-refractivity contribution is 0.121. The number of hydrogen-bond acceptors (Lipinski definition) is 3. The van der Waals surface area contributed by atoms with Crippen molar-refractivity contribution in [2.45, 2.75) is 22.7 Å². The van der Waals surface area contributed by atoms with E-state index >= 15 is 0 Å². The average Bonchev–Trinajstić information content (AvgIpc) is 1.78. The van der Waals surface area contributed by atoms with Gasteiger partial charge in [-0.1, -0.05) is 0 Å². The summed E-state index contributed by atoms with van der Waals surface area (Å²) in [5.41, 5.74) is 0. The number of halogens is 4. The van der Waals surface area contributed by atoms with E-state index in [0.29, 0.717) is 0 Å². The van der Waals surface area contributed by atoms with Crippen LogP contribution in [0.1, 0.15) is 12.8 Å². The van der Waals surface area contributed by atoms with E-state index in [1.165, 1.54) is 0 Å². The summed E-state index contributed by atoms with van der Waals surface area (Å²) < 4.78 is 47.8. The van der Waals surface area contributed by atoms with Gasteiger partial charge in [-0.05, 0) is 31.9 Å². The van der Waals surface area contributed by atoms with Crippen LogP contribution in [-0.2, 0) is 14.3 Å². The molecule has 13 heavy (non-hydrogen) atoms. The summed E-state index contributed by atoms with van der Waals surface area (Å²) in [6.07, 6.45) is -2.26. The number of rotatable bonds is 5. The Labute approximate surface area is 92.2 Å². The van der Waals surface area contributed by atoms with Gasteiger partial charge in [0.15, 0.2) is 3.42 Å². The van der Waals surface area contributed by atoms with E-state index in [2.05, 4.69) is 36.0 Å². The van der Waals surface area contributed by atoms with Gasteiger partial charge in [-0.25, -0.2) is 13.0 Å². The van der Waals surface area contributed by atoms with Gasteiger partial charge in [0.05, 0.1) is 6.26 Å². The molecule has 0 aromatic carbocycles. The molecule has 8 heteroatoms. The van der Waals surface area contributed by atoms with Gasteiger partial charge in [0.1, 0.15) is 0 Å². The summed E-state index contributed by atoms with van der Waals surface area (Å²) in [4.78, 5) is 0. The van der Waals surface area contributed by atoms with Crippen LogP contribution in [0.15, 0.2) is 0 Å². The zero-order chi connectivity index (χ0) is 10.7. The van der Waals surface area contributed by atoms with Crippen molar-refractivity contribution in [1.29, 1.82) is 0 Å². The van der Waals surface area contributed by atoms with Crippen molar-refractivity contribution in [1.82, 2.24) is 0 Å². The van der Waals surface area contributed by atoms with Gasteiger partial charge in [-0.15, -0.1) is 0 Å². The summed E-state index contributed by atoms with van der Waals surface area (Å²) in [5.74, 6) is 0. The fourth-order valence-corrected chi connectivity index (χ4v) is 2.96. The highest BCUT2D eigenvalue weighted by atomic mass is 79.9. The first-order chi connectivity index (χ1) is 5.62. The Hall–Kier alpha value is 0.730. The molecule has 0 N–H and O–H groups in total. The highest BCUT2D eigenvalue weighted by Gasteiger charge is 2.29. The fourth-order valence-electron chi connectivity index (χ4n) is 0.540. The van der Waals surface area contributed by atoms with E-state index in [0.717, 1.165) is 6.26 Å². The molecule has 0 aromatic heterocycles. The second kappa shape index (κ2) is 4.99. The first-order valence-electron chi connectivity index (χ1n) is 3.19. The highest BCUT2D eigenvalue weighted by Crippen LogP contribution is 2.35. The maximum absolute atomic E-state index is 11.8. The topological polar surface area (TPSA) is 43.4 Å². The SMILES string of the molecule is CS(=O)(=O)OC(Br)(Br)CCC(F)F. The van der Waals surface area contributed by atoms with Gasteiger partial charge in [0.25, 0.3) is 10.1 Å². The van der Waals surface area contributed by atoms with Crippen LogP contribution >= 0.6 is 31.9 Å². The van der Waals surface area contributed by atoms with E-state index in [4.69, 9.17) is 0 Å². The Morgan fingerprint density at radius 1 is 1.46 bits per heavy atom. The Kier molecular flexibility index (Phi) is 5.27. The lowest BCUT2D eigenvalue weighted by Gasteiger charge is -2.18. The molecule has 0 aliphatic heterocycles. The molecule has 0 aromatic rings. The van der Waals surface area contributed by atoms with E-state index in [1.807, 2.05) is 0 Å². The van der Waals surface area contributed by atoms with Crippen LogP contribution in [0.3, 0.4) is 0 Å². The molecule has 0 saturated carbocycles. The van der Waals surface area contributed by atoms with Crippen LogP contribution in [0.2, 0.25) is 0 Å². The van der Waals surface area contributed by atoms with Crippen molar-refractivity contribution in [2.75, 3.05) is 6.26 Å². The molecule has 0 radical (unpaired) electrons. The second-order valence-corrected chi connectivity index (χ2v) is 7.56. The molecule has 0 spiro atoms. The van der Waals surface area contributed by atoms with Crippen LogP contribution in [0.4, 0.5) is 8.78 Å². The molecule has 0 amide bonds. The lowest BCUT2D eigenvalue weighted by Crippen LogP contribution is -2.21. The zero-order valence-corrected chi connectivity index (χ0v) is 10.6. The maximum Gasteiger partial charge on any atom is 0.266 e. The molecule has 0 bridgehead atoms. The smallest absolute Gasteiger partial charge is 0.240 e. The normalized spacial score (nSPS) is 13.7. The van der Waals surface area contributed by atoms with Crippen molar-refractivity contribution in [3.05, 3.63) is 0 Å². The maximum atomic E-state index is 11.8. The Morgan fingerprint density at radius 3 is 2.23 bits per heavy atom. The van der Waals surface area contributed by atoms with Crippen LogP contribution in [0, 0.1) is 0 Å². The van der Waals surface area contributed by atoms with E-state index in [-0.39, 0.29) is 6.42 Å². The predicted octanol–water partition coefficient (Wildman–Crippen LogP) is 2.45. The molecular weight excluding hydrogens is 338 g/mol. The minimum atomic E-state index is -3.67. The van der Waals surface area contributed by atoms with Crippen molar-refractivity contribution >= 4 is 42.0 Å². The van der Waals surface area contributed by atoms with Crippen LogP contribution < -0.4 is 0 Å². The molecular formula is C5H8Br2F2O3S. The Bertz CT molecular complexity index is 253. The Morgan fingerprint density at radius 2 is 1.92 bits per heavy atom. The molecule has 0 aliphatic carbocycles. The van der Waals surface area contributed by atoms with Gasteiger partial charge < -0.3 is 0 Å². The van der Waals surface area contributed by atoms with Crippen molar-refractivity contribution in [3.63, 3.8) is 0 Å². The van der Waals surface area contributed by atoms with Crippen molar-refractivity contribution in [2.24, 2.45) is 0 Å². The van der Waals surface area contributed by atoms with Gasteiger partial charge in [0.2, 0.25) is 6.43 Å². The van der Waals surface area contributed by atoms with E-state index < -0.39 is 26.4 Å². The number of hydrogen-bond donors (Lipinski definition) is 0. The summed E-state index contributed by atoms with van der Waals surface area (Å²) in [7, 11) is -3.67. The van der Waals surface area contributed by atoms with Crippen molar-refractivity contribution in [3.8, 4) is 0 Å². The third kappa shape index (κ3) is 9.04. The third-order valence-electron chi connectivity index (χ3n) is 0.927.